The van der Waals surface area contributed by atoms with Crippen molar-refractivity contribution in [3.8, 4) is 6.07 Å². The summed E-state index contributed by atoms with van der Waals surface area (Å²) < 4.78 is 0. The summed E-state index contributed by atoms with van der Waals surface area (Å²) in [6.45, 7) is 1.83. The number of anilines is 1. The van der Waals surface area contributed by atoms with Gasteiger partial charge < -0.3 is 15.7 Å². The monoisotopic (exact) mass is 273 g/mol. The molecule has 1 aromatic rings. The third kappa shape index (κ3) is 3.09. The van der Waals surface area contributed by atoms with Crippen LogP contribution in [0, 0.1) is 18.3 Å². The topological polar surface area (TPSA) is 85.2 Å². The van der Waals surface area contributed by atoms with E-state index in [9.17, 15) is 9.90 Å². The summed E-state index contributed by atoms with van der Waals surface area (Å²) >= 11 is 0. The molecule has 0 unspecified atom stereocenters. The van der Waals surface area contributed by atoms with Crippen LogP contribution in [0.25, 0.3) is 0 Å². The Kier molecular flexibility index (Phi) is 4.26. The minimum atomic E-state index is -0.495. The van der Waals surface area contributed by atoms with Crippen LogP contribution in [0.4, 0.5) is 10.5 Å². The number of carbonyl (C=O) groups excluding carboxylic acids is 1. The Morgan fingerprint density at radius 2 is 2.15 bits per heavy atom. The van der Waals surface area contributed by atoms with E-state index in [4.69, 9.17) is 5.26 Å². The van der Waals surface area contributed by atoms with Gasteiger partial charge in [0.1, 0.15) is 0 Å². The summed E-state index contributed by atoms with van der Waals surface area (Å²) in [5, 5.41) is 24.0. The molecule has 0 spiro atoms. The van der Waals surface area contributed by atoms with E-state index in [0.29, 0.717) is 11.3 Å². The lowest BCUT2D eigenvalue weighted by atomic mass is 9.99. The van der Waals surface area contributed by atoms with Crippen molar-refractivity contribution in [3.05, 3.63) is 29.3 Å². The number of aryl methyl sites for hydroxylation is 1. The number of nitrogens with zero attached hydrogens (tertiary/aromatic N) is 1. The van der Waals surface area contributed by atoms with Crippen molar-refractivity contribution >= 4 is 11.7 Å². The fourth-order valence-electron chi connectivity index (χ4n) is 2.60. The Bertz CT molecular complexity index is 543. The lowest BCUT2D eigenvalue weighted by molar-refractivity contribution is 0.167. The van der Waals surface area contributed by atoms with Gasteiger partial charge in [-0.2, -0.15) is 5.26 Å². The molecule has 0 saturated heterocycles. The molecular weight excluding hydrogens is 254 g/mol. The van der Waals surface area contributed by atoms with Crippen LogP contribution in [0.5, 0.6) is 0 Å². The summed E-state index contributed by atoms with van der Waals surface area (Å²) in [5.74, 6) is 0. The molecule has 2 rings (SSSR count). The third-order valence-corrected chi connectivity index (χ3v) is 3.86. The molecule has 3 N–H and O–H groups in total. The minimum absolute atomic E-state index is 0.0440. The second-order valence-corrected chi connectivity index (χ2v) is 5.37. The van der Waals surface area contributed by atoms with Gasteiger partial charge in [0.05, 0.1) is 23.8 Å². The number of hydrogen-bond donors (Lipinski definition) is 3. The van der Waals surface area contributed by atoms with Gasteiger partial charge in [0.25, 0.3) is 0 Å². The average Bonchev–Trinajstić information content (AvgIpc) is 2.90. The largest absolute Gasteiger partial charge is 0.394 e. The second-order valence-electron chi connectivity index (χ2n) is 5.37. The number of benzene rings is 1. The number of urea groups is 1. The summed E-state index contributed by atoms with van der Waals surface area (Å²) in [4.78, 5) is 12.1. The van der Waals surface area contributed by atoms with Crippen LogP contribution in [-0.2, 0) is 0 Å². The first-order valence-corrected chi connectivity index (χ1v) is 6.79. The highest BCUT2D eigenvalue weighted by atomic mass is 16.3. The highest BCUT2D eigenvalue weighted by Gasteiger charge is 2.34. The van der Waals surface area contributed by atoms with Gasteiger partial charge in [-0.05, 0) is 37.5 Å². The number of amides is 2. The Balaban J connectivity index is 2.06. The Morgan fingerprint density at radius 1 is 1.45 bits per heavy atom. The van der Waals surface area contributed by atoms with Crippen LogP contribution in [0.1, 0.15) is 36.8 Å². The summed E-state index contributed by atoms with van der Waals surface area (Å²) in [7, 11) is 0. The van der Waals surface area contributed by atoms with Gasteiger partial charge in [-0.25, -0.2) is 4.79 Å². The molecule has 0 radical (unpaired) electrons. The molecule has 0 aromatic heterocycles. The molecule has 0 aliphatic heterocycles. The highest BCUT2D eigenvalue weighted by molar-refractivity contribution is 5.90. The number of carbonyl (C=O) groups is 1. The average molecular weight is 273 g/mol. The maximum absolute atomic E-state index is 12.1. The fourth-order valence-corrected chi connectivity index (χ4v) is 2.60. The minimum Gasteiger partial charge on any atom is -0.394 e. The first-order valence-electron chi connectivity index (χ1n) is 6.79. The molecule has 1 aliphatic rings. The maximum atomic E-state index is 12.1. The van der Waals surface area contributed by atoms with Crippen molar-refractivity contribution in [1.82, 2.24) is 5.32 Å². The summed E-state index contributed by atoms with van der Waals surface area (Å²) in [6, 6.07) is 6.87. The lowest BCUT2D eigenvalue weighted by Crippen LogP contribution is -2.50. The lowest BCUT2D eigenvalue weighted by Gasteiger charge is -2.28. The van der Waals surface area contributed by atoms with Crippen molar-refractivity contribution in [2.45, 2.75) is 38.1 Å². The Hall–Kier alpha value is -2.06. The number of aliphatic hydroxyl groups is 1. The normalized spacial score (nSPS) is 16.4. The van der Waals surface area contributed by atoms with Crippen molar-refractivity contribution in [2.75, 3.05) is 11.9 Å². The molecule has 1 aromatic carbocycles. The SMILES string of the molecule is Cc1ccc(C#N)cc1NC(=O)NC1(CO)CCCC1. The van der Waals surface area contributed by atoms with Gasteiger partial charge in [-0.3, -0.25) is 0 Å². The molecule has 0 bridgehead atoms. The smallest absolute Gasteiger partial charge is 0.319 e. The van der Waals surface area contributed by atoms with E-state index in [2.05, 4.69) is 10.6 Å². The van der Waals surface area contributed by atoms with Gasteiger partial charge in [0.2, 0.25) is 0 Å². The predicted molar refractivity (Wildman–Crippen MR) is 76.3 cm³/mol. The molecule has 106 valence electrons. The number of nitriles is 1. The van der Waals surface area contributed by atoms with Crippen molar-refractivity contribution in [3.63, 3.8) is 0 Å². The molecule has 20 heavy (non-hydrogen) atoms. The molecule has 5 nitrogen and oxygen atoms in total. The number of nitrogens with one attached hydrogen (secondary N) is 2. The molecular formula is C15H19N3O2. The highest BCUT2D eigenvalue weighted by Crippen LogP contribution is 2.29. The first-order chi connectivity index (χ1) is 9.58. The second kappa shape index (κ2) is 5.93. The molecule has 1 saturated carbocycles. The van der Waals surface area contributed by atoms with Crippen LogP contribution in [0.3, 0.4) is 0 Å². The molecule has 1 aliphatic carbocycles. The van der Waals surface area contributed by atoms with Gasteiger partial charge in [-0.15, -0.1) is 0 Å². The third-order valence-electron chi connectivity index (χ3n) is 3.86. The van der Waals surface area contributed by atoms with Crippen LogP contribution < -0.4 is 10.6 Å². The van der Waals surface area contributed by atoms with Gasteiger partial charge in [0.15, 0.2) is 0 Å². The van der Waals surface area contributed by atoms with Crippen LogP contribution >= 0.6 is 0 Å². The standard InChI is InChI=1S/C15H19N3O2/c1-11-4-5-12(9-16)8-13(11)17-14(20)18-15(10-19)6-2-3-7-15/h4-5,8,19H,2-3,6-7,10H2,1H3,(H2,17,18,20). The molecule has 2 amide bonds. The molecule has 5 heteroatoms. The quantitative estimate of drug-likeness (QED) is 0.790. The van der Waals surface area contributed by atoms with E-state index in [1.807, 2.05) is 13.0 Å². The maximum Gasteiger partial charge on any atom is 0.319 e. The van der Waals surface area contributed by atoms with E-state index < -0.39 is 5.54 Å². The summed E-state index contributed by atoms with van der Waals surface area (Å²) in [5.41, 5.74) is 1.52. The van der Waals surface area contributed by atoms with Crippen molar-refractivity contribution in [1.29, 1.82) is 5.26 Å². The predicted octanol–water partition coefficient (Wildman–Crippen LogP) is 2.29. The number of hydrogen-bond acceptors (Lipinski definition) is 3. The zero-order valence-corrected chi connectivity index (χ0v) is 11.6. The van der Waals surface area contributed by atoms with E-state index in [-0.39, 0.29) is 12.6 Å². The van der Waals surface area contributed by atoms with E-state index in [1.165, 1.54) is 0 Å². The zero-order chi connectivity index (χ0) is 14.6. The number of aliphatic hydroxyl groups excluding tert-OH is 1. The molecule has 0 atom stereocenters. The van der Waals surface area contributed by atoms with Crippen LogP contribution in [0.15, 0.2) is 18.2 Å². The van der Waals surface area contributed by atoms with E-state index in [1.54, 1.807) is 18.2 Å². The Morgan fingerprint density at radius 3 is 2.75 bits per heavy atom. The van der Waals surface area contributed by atoms with Crippen molar-refractivity contribution < 1.29 is 9.90 Å². The van der Waals surface area contributed by atoms with E-state index in [0.717, 1.165) is 31.2 Å². The van der Waals surface area contributed by atoms with Gasteiger partial charge in [0, 0.05) is 5.69 Å². The van der Waals surface area contributed by atoms with Crippen LogP contribution in [0.2, 0.25) is 0 Å². The summed E-state index contributed by atoms with van der Waals surface area (Å²) in [6.07, 6.45) is 3.63. The zero-order valence-electron chi connectivity index (χ0n) is 11.6. The number of rotatable bonds is 3. The Labute approximate surface area is 118 Å². The fraction of sp³-hybridized carbons (Fsp3) is 0.467. The van der Waals surface area contributed by atoms with Crippen molar-refractivity contribution in [2.24, 2.45) is 0 Å². The van der Waals surface area contributed by atoms with Crippen LogP contribution in [-0.4, -0.2) is 23.3 Å². The molecule has 0 heterocycles. The van der Waals surface area contributed by atoms with Gasteiger partial charge >= 0.3 is 6.03 Å². The van der Waals surface area contributed by atoms with E-state index >= 15 is 0 Å². The van der Waals surface area contributed by atoms with Gasteiger partial charge in [-0.1, -0.05) is 18.9 Å². The molecule has 1 fully saturated rings. The first kappa shape index (κ1) is 14.4.